The Bertz CT molecular complexity index is 180. The number of nitrogens with one attached hydrogen (secondary N) is 1. The summed E-state index contributed by atoms with van der Waals surface area (Å²) in [6.07, 6.45) is 0. The zero-order valence-electron chi connectivity index (χ0n) is 6.00. The number of hydrogen-bond acceptors (Lipinski definition) is 2. The van der Waals surface area contributed by atoms with E-state index in [9.17, 15) is 4.79 Å². The molecule has 0 aromatic rings. The lowest BCUT2D eigenvalue weighted by Crippen LogP contribution is -2.40. The van der Waals surface area contributed by atoms with Crippen molar-refractivity contribution >= 4 is 5.91 Å². The molecule has 2 aliphatic rings. The minimum atomic E-state index is -0.183. The Kier molecular flexibility index (Phi) is 1.06. The Morgan fingerprint density at radius 2 is 2.40 bits per heavy atom. The van der Waals surface area contributed by atoms with Crippen LogP contribution in [-0.2, 0) is 4.79 Å². The van der Waals surface area contributed by atoms with E-state index in [1.807, 2.05) is 0 Å². The van der Waals surface area contributed by atoms with Crippen molar-refractivity contribution in [2.45, 2.75) is 13.0 Å². The molecule has 2 rings (SSSR count). The fourth-order valence-electron chi connectivity index (χ4n) is 2.14. The Labute approximate surface area is 60.0 Å². The van der Waals surface area contributed by atoms with E-state index in [1.54, 1.807) is 0 Å². The third kappa shape index (κ3) is 0.611. The molecule has 2 fully saturated rings. The van der Waals surface area contributed by atoms with E-state index >= 15 is 0 Å². The molecule has 1 saturated heterocycles. The summed E-state index contributed by atoms with van der Waals surface area (Å²) in [7, 11) is 0. The number of nitrogens with two attached hydrogens (primary N) is 1. The van der Waals surface area contributed by atoms with E-state index in [1.165, 1.54) is 0 Å². The van der Waals surface area contributed by atoms with Gasteiger partial charge in [0.05, 0.1) is 6.04 Å². The Morgan fingerprint density at radius 1 is 1.70 bits per heavy atom. The van der Waals surface area contributed by atoms with E-state index in [2.05, 4.69) is 12.2 Å². The van der Waals surface area contributed by atoms with Gasteiger partial charge in [-0.05, 0) is 24.3 Å². The molecule has 1 heterocycles. The molecule has 1 aliphatic heterocycles. The number of primary amides is 1. The molecule has 1 saturated carbocycles. The van der Waals surface area contributed by atoms with Gasteiger partial charge in [0.1, 0.15) is 0 Å². The van der Waals surface area contributed by atoms with Gasteiger partial charge in [0, 0.05) is 0 Å². The van der Waals surface area contributed by atoms with Crippen LogP contribution in [-0.4, -0.2) is 18.5 Å². The molecule has 4 atom stereocenters. The molecule has 1 amide bonds. The lowest BCUT2D eigenvalue weighted by atomic mass is 10.1. The highest BCUT2D eigenvalue weighted by atomic mass is 16.1. The summed E-state index contributed by atoms with van der Waals surface area (Å²) >= 11 is 0. The molecule has 3 N–H and O–H groups in total. The highest BCUT2D eigenvalue weighted by Gasteiger charge is 2.56. The molecular weight excluding hydrogens is 128 g/mol. The first-order valence-electron chi connectivity index (χ1n) is 3.74. The van der Waals surface area contributed by atoms with Crippen LogP contribution in [0.1, 0.15) is 6.92 Å². The molecule has 0 aromatic carbocycles. The standard InChI is InChI=1S/C7H12N2O/c1-3-4-2-9-6(5(3)4)7(8)10/h3-6,9H,2H2,1H3,(H2,8,10)/t3?,4-,5+,6+/m1/s1. The number of rotatable bonds is 1. The lowest BCUT2D eigenvalue weighted by Gasteiger charge is -2.08. The van der Waals surface area contributed by atoms with Crippen LogP contribution < -0.4 is 11.1 Å². The van der Waals surface area contributed by atoms with Crippen LogP contribution >= 0.6 is 0 Å². The highest BCUT2D eigenvalue weighted by molar-refractivity contribution is 5.81. The molecular formula is C7H12N2O. The second kappa shape index (κ2) is 1.72. The van der Waals surface area contributed by atoms with Gasteiger partial charge in [-0.3, -0.25) is 4.79 Å². The maximum atomic E-state index is 10.7. The number of piperidine rings is 1. The number of carbonyl (C=O) groups is 1. The molecule has 3 heteroatoms. The highest BCUT2D eigenvalue weighted by Crippen LogP contribution is 2.51. The number of carbonyl (C=O) groups excluding carboxylic acids is 1. The second-order valence-corrected chi connectivity index (χ2v) is 3.39. The van der Waals surface area contributed by atoms with Crippen molar-refractivity contribution in [1.82, 2.24) is 5.32 Å². The first-order valence-corrected chi connectivity index (χ1v) is 3.74. The second-order valence-electron chi connectivity index (χ2n) is 3.39. The van der Waals surface area contributed by atoms with Crippen molar-refractivity contribution < 1.29 is 4.79 Å². The zero-order chi connectivity index (χ0) is 7.30. The average Bonchev–Trinajstić information content (AvgIpc) is 2.42. The van der Waals surface area contributed by atoms with Gasteiger partial charge in [-0.2, -0.15) is 0 Å². The molecule has 1 unspecified atom stereocenters. The monoisotopic (exact) mass is 140 g/mol. The first kappa shape index (κ1) is 6.16. The maximum absolute atomic E-state index is 10.7. The third-order valence-electron chi connectivity index (χ3n) is 2.90. The van der Waals surface area contributed by atoms with Crippen molar-refractivity contribution in [2.75, 3.05) is 6.54 Å². The SMILES string of the molecule is CC1[C@@H]2[C@@H](C(N)=O)NC[C@H]12. The van der Waals surface area contributed by atoms with Crippen LogP contribution in [0.4, 0.5) is 0 Å². The van der Waals surface area contributed by atoms with Crippen LogP contribution in [0.2, 0.25) is 0 Å². The minimum Gasteiger partial charge on any atom is -0.368 e. The fourth-order valence-corrected chi connectivity index (χ4v) is 2.14. The molecule has 0 radical (unpaired) electrons. The minimum absolute atomic E-state index is 0.0278. The van der Waals surface area contributed by atoms with Crippen molar-refractivity contribution in [3.8, 4) is 0 Å². The van der Waals surface area contributed by atoms with Crippen LogP contribution in [0.3, 0.4) is 0 Å². The largest absolute Gasteiger partial charge is 0.368 e. The number of hydrogen-bond donors (Lipinski definition) is 2. The van der Waals surface area contributed by atoms with Crippen LogP contribution in [0.25, 0.3) is 0 Å². The normalized spacial score (nSPS) is 50.5. The molecule has 0 bridgehead atoms. The van der Waals surface area contributed by atoms with Crippen molar-refractivity contribution in [1.29, 1.82) is 0 Å². The van der Waals surface area contributed by atoms with Gasteiger partial charge in [-0.1, -0.05) is 6.92 Å². The third-order valence-corrected chi connectivity index (χ3v) is 2.90. The maximum Gasteiger partial charge on any atom is 0.234 e. The quantitative estimate of drug-likeness (QED) is 0.507. The van der Waals surface area contributed by atoms with Gasteiger partial charge in [0.15, 0.2) is 0 Å². The molecule has 0 spiro atoms. The van der Waals surface area contributed by atoms with Gasteiger partial charge in [0.25, 0.3) is 0 Å². The first-order chi connectivity index (χ1) is 4.72. The fraction of sp³-hybridized carbons (Fsp3) is 0.857. The smallest absolute Gasteiger partial charge is 0.234 e. The zero-order valence-corrected chi connectivity index (χ0v) is 6.00. The van der Waals surface area contributed by atoms with Gasteiger partial charge in [-0.15, -0.1) is 0 Å². The van der Waals surface area contributed by atoms with E-state index in [-0.39, 0.29) is 11.9 Å². The van der Waals surface area contributed by atoms with E-state index in [0.29, 0.717) is 5.92 Å². The van der Waals surface area contributed by atoms with Gasteiger partial charge in [0.2, 0.25) is 5.91 Å². The van der Waals surface area contributed by atoms with Crippen molar-refractivity contribution in [3.63, 3.8) is 0 Å². The summed E-state index contributed by atoms with van der Waals surface area (Å²) in [6, 6.07) is -0.0278. The summed E-state index contributed by atoms with van der Waals surface area (Å²) in [5.74, 6) is 1.82. The Morgan fingerprint density at radius 3 is 2.70 bits per heavy atom. The van der Waals surface area contributed by atoms with E-state index in [4.69, 9.17) is 5.73 Å². The van der Waals surface area contributed by atoms with Crippen molar-refractivity contribution in [2.24, 2.45) is 23.5 Å². The van der Waals surface area contributed by atoms with Gasteiger partial charge in [-0.25, -0.2) is 0 Å². The summed E-state index contributed by atoms with van der Waals surface area (Å²) < 4.78 is 0. The van der Waals surface area contributed by atoms with Crippen LogP contribution in [0.15, 0.2) is 0 Å². The van der Waals surface area contributed by atoms with Gasteiger partial charge < -0.3 is 11.1 Å². The molecule has 10 heavy (non-hydrogen) atoms. The molecule has 0 aromatic heterocycles. The predicted molar refractivity (Wildman–Crippen MR) is 37.1 cm³/mol. The van der Waals surface area contributed by atoms with Crippen LogP contribution in [0, 0.1) is 17.8 Å². The van der Waals surface area contributed by atoms with E-state index in [0.717, 1.165) is 18.4 Å². The van der Waals surface area contributed by atoms with Crippen LogP contribution in [0.5, 0.6) is 0 Å². The molecule has 56 valence electrons. The number of fused-ring (bicyclic) bond motifs is 1. The van der Waals surface area contributed by atoms with Gasteiger partial charge >= 0.3 is 0 Å². The molecule has 3 nitrogen and oxygen atoms in total. The summed E-state index contributed by atoms with van der Waals surface area (Å²) in [5, 5.41) is 3.11. The van der Waals surface area contributed by atoms with Crippen molar-refractivity contribution in [3.05, 3.63) is 0 Å². The summed E-state index contributed by atoms with van der Waals surface area (Å²) in [5.41, 5.74) is 5.18. The lowest BCUT2D eigenvalue weighted by molar-refractivity contribution is -0.120. The number of amides is 1. The summed E-state index contributed by atoms with van der Waals surface area (Å²) in [4.78, 5) is 10.7. The summed E-state index contributed by atoms with van der Waals surface area (Å²) in [6.45, 7) is 3.17. The van der Waals surface area contributed by atoms with E-state index < -0.39 is 0 Å². The Balaban J connectivity index is 2.07. The Hall–Kier alpha value is -0.570. The molecule has 1 aliphatic carbocycles. The average molecular weight is 140 g/mol. The predicted octanol–water partition coefficient (Wildman–Crippen LogP) is -0.674. The topological polar surface area (TPSA) is 55.1 Å².